The number of hydrogen-bond acceptors (Lipinski definition) is 1. The van der Waals surface area contributed by atoms with Gasteiger partial charge in [-0.2, -0.15) is 0 Å². The van der Waals surface area contributed by atoms with Crippen molar-refractivity contribution in [2.24, 2.45) is 0 Å². The Morgan fingerprint density at radius 2 is 0.935 bits per heavy atom. The van der Waals surface area contributed by atoms with Gasteiger partial charge in [-0.25, -0.2) is 0 Å². The minimum absolute atomic E-state index is 0.132. The number of hydrogen-bond donors (Lipinski definition) is 0. The van der Waals surface area contributed by atoms with Gasteiger partial charge in [0.05, 0.1) is 11.7 Å². The fourth-order valence-corrected chi connectivity index (χ4v) is 3.85. The van der Waals surface area contributed by atoms with E-state index in [4.69, 9.17) is 4.74 Å². The van der Waals surface area contributed by atoms with E-state index in [-0.39, 0.29) is 5.60 Å². The van der Waals surface area contributed by atoms with E-state index in [2.05, 4.69) is 85.8 Å². The molecule has 1 heteroatoms. The van der Waals surface area contributed by atoms with Crippen molar-refractivity contribution >= 4 is 0 Å². The van der Waals surface area contributed by atoms with Crippen LogP contribution in [0, 0.1) is 0 Å². The summed E-state index contributed by atoms with van der Waals surface area (Å²) in [5.41, 5.74) is 7.65. The summed E-state index contributed by atoms with van der Waals surface area (Å²) in [6.07, 6.45) is 24.3. The van der Waals surface area contributed by atoms with Crippen LogP contribution in [-0.4, -0.2) is 11.7 Å². The number of rotatable bonds is 15. The lowest BCUT2D eigenvalue weighted by Crippen LogP contribution is -2.02. The zero-order chi connectivity index (χ0) is 23.3. The van der Waals surface area contributed by atoms with Crippen molar-refractivity contribution in [3.63, 3.8) is 0 Å². The summed E-state index contributed by atoms with van der Waals surface area (Å²) in [5, 5.41) is 0. The number of allylic oxidation sites excluding steroid dienone is 10. The van der Waals surface area contributed by atoms with Gasteiger partial charge in [-0.15, -0.1) is 0 Å². The average Bonchev–Trinajstić information content (AvgIpc) is 3.30. The molecule has 0 aliphatic carbocycles. The second-order valence-corrected chi connectivity index (χ2v) is 10.4. The third kappa shape index (κ3) is 14.4. The molecule has 1 saturated heterocycles. The lowest BCUT2D eigenvalue weighted by atomic mass is 10.0. The van der Waals surface area contributed by atoms with Gasteiger partial charge in [0.1, 0.15) is 0 Å². The van der Waals surface area contributed by atoms with E-state index in [9.17, 15) is 0 Å². The van der Waals surface area contributed by atoms with Crippen LogP contribution in [0.4, 0.5) is 0 Å². The maximum absolute atomic E-state index is 5.68. The molecule has 0 saturated carbocycles. The molecule has 176 valence electrons. The van der Waals surface area contributed by atoms with Gasteiger partial charge < -0.3 is 4.74 Å². The minimum Gasteiger partial charge on any atom is -0.367 e. The van der Waals surface area contributed by atoms with E-state index in [0.717, 1.165) is 12.8 Å². The molecular formula is C30H50O. The Morgan fingerprint density at radius 3 is 1.32 bits per heavy atom. The van der Waals surface area contributed by atoms with Crippen LogP contribution >= 0.6 is 0 Å². The van der Waals surface area contributed by atoms with Gasteiger partial charge >= 0.3 is 0 Å². The topological polar surface area (TPSA) is 12.5 Å². The normalized spacial score (nSPS) is 19.5. The molecule has 0 aromatic heterocycles. The summed E-state index contributed by atoms with van der Waals surface area (Å²) >= 11 is 0. The fraction of sp³-hybridized carbons (Fsp3) is 0.667. The van der Waals surface area contributed by atoms with Gasteiger partial charge in [-0.05, 0) is 120 Å². The first-order chi connectivity index (χ1) is 14.6. The number of ether oxygens (including phenoxy) is 1. The SMILES string of the molecule is CC(C)=CCC/C(C)=C/CC/C(C)=C/CC/C=C(\C)CC/C=C(\C)CCC1OC1(C)C. The molecular weight excluding hydrogens is 376 g/mol. The summed E-state index contributed by atoms with van der Waals surface area (Å²) in [7, 11) is 0. The number of epoxide rings is 1. The predicted molar refractivity (Wildman–Crippen MR) is 140 cm³/mol. The first-order valence-corrected chi connectivity index (χ1v) is 12.5. The molecule has 1 heterocycles. The van der Waals surface area contributed by atoms with Crippen LogP contribution < -0.4 is 0 Å². The fourth-order valence-electron chi connectivity index (χ4n) is 3.85. The molecule has 0 aromatic rings. The second-order valence-electron chi connectivity index (χ2n) is 10.4. The molecule has 0 spiro atoms. The molecule has 31 heavy (non-hydrogen) atoms. The van der Waals surface area contributed by atoms with Gasteiger partial charge in [0.2, 0.25) is 0 Å². The van der Waals surface area contributed by atoms with E-state index in [1.807, 2.05) is 0 Å². The lowest BCUT2D eigenvalue weighted by Gasteiger charge is -2.03. The zero-order valence-electron chi connectivity index (χ0n) is 21.9. The molecule has 1 atom stereocenters. The Hall–Kier alpha value is -1.34. The molecule has 0 aromatic carbocycles. The highest BCUT2D eigenvalue weighted by Gasteiger charge is 2.46. The highest BCUT2D eigenvalue weighted by molar-refractivity contribution is 5.08. The molecule has 1 fully saturated rings. The molecule has 0 radical (unpaired) electrons. The highest BCUT2D eigenvalue weighted by atomic mass is 16.6. The smallest absolute Gasteiger partial charge is 0.0892 e. The van der Waals surface area contributed by atoms with Crippen molar-refractivity contribution in [2.45, 2.75) is 131 Å². The molecule has 1 nitrogen and oxygen atoms in total. The van der Waals surface area contributed by atoms with Crippen molar-refractivity contribution in [3.8, 4) is 0 Å². The Kier molecular flexibility index (Phi) is 13.1. The Morgan fingerprint density at radius 1 is 0.581 bits per heavy atom. The van der Waals surface area contributed by atoms with Crippen LogP contribution in [0.15, 0.2) is 58.2 Å². The van der Waals surface area contributed by atoms with Crippen molar-refractivity contribution in [1.82, 2.24) is 0 Å². The maximum Gasteiger partial charge on any atom is 0.0892 e. The Bertz CT molecular complexity index is 677. The van der Waals surface area contributed by atoms with Crippen molar-refractivity contribution in [1.29, 1.82) is 0 Å². The minimum atomic E-state index is 0.132. The summed E-state index contributed by atoms with van der Waals surface area (Å²) in [6, 6.07) is 0. The summed E-state index contributed by atoms with van der Waals surface area (Å²) in [4.78, 5) is 0. The first kappa shape index (κ1) is 27.7. The molecule has 1 aliphatic heterocycles. The third-order valence-electron chi connectivity index (χ3n) is 6.27. The van der Waals surface area contributed by atoms with Gasteiger partial charge in [-0.1, -0.05) is 58.2 Å². The average molecular weight is 427 g/mol. The molecule has 0 bridgehead atoms. The maximum atomic E-state index is 5.68. The van der Waals surface area contributed by atoms with E-state index in [1.54, 1.807) is 0 Å². The van der Waals surface area contributed by atoms with E-state index < -0.39 is 0 Å². The lowest BCUT2D eigenvalue weighted by molar-refractivity contribution is 0.320. The first-order valence-electron chi connectivity index (χ1n) is 12.5. The van der Waals surface area contributed by atoms with E-state index >= 15 is 0 Å². The summed E-state index contributed by atoms with van der Waals surface area (Å²) in [5.74, 6) is 0. The molecule has 1 rings (SSSR count). The largest absolute Gasteiger partial charge is 0.367 e. The van der Waals surface area contributed by atoms with E-state index in [1.165, 1.54) is 79.2 Å². The summed E-state index contributed by atoms with van der Waals surface area (Å²) in [6.45, 7) is 17.8. The molecule has 1 unspecified atom stereocenters. The second kappa shape index (κ2) is 14.7. The Labute approximate surface area is 194 Å². The zero-order valence-corrected chi connectivity index (χ0v) is 21.9. The third-order valence-corrected chi connectivity index (χ3v) is 6.27. The molecule has 0 amide bonds. The van der Waals surface area contributed by atoms with Crippen LogP contribution in [-0.2, 0) is 4.74 Å². The van der Waals surface area contributed by atoms with Crippen LogP contribution in [0.3, 0.4) is 0 Å². The number of unbranched alkanes of at least 4 members (excludes halogenated alkanes) is 1. The van der Waals surface area contributed by atoms with Crippen LogP contribution in [0.2, 0.25) is 0 Å². The molecule has 1 aliphatic rings. The monoisotopic (exact) mass is 426 g/mol. The van der Waals surface area contributed by atoms with Gasteiger partial charge in [0.25, 0.3) is 0 Å². The van der Waals surface area contributed by atoms with Crippen LogP contribution in [0.1, 0.15) is 120 Å². The van der Waals surface area contributed by atoms with Gasteiger partial charge in [0, 0.05) is 0 Å². The van der Waals surface area contributed by atoms with Crippen molar-refractivity contribution < 1.29 is 4.74 Å². The van der Waals surface area contributed by atoms with Gasteiger partial charge in [-0.3, -0.25) is 0 Å². The van der Waals surface area contributed by atoms with Crippen molar-refractivity contribution in [2.75, 3.05) is 0 Å². The highest BCUT2D eigenvalue weighted by Crippen LogP contribution is 2.38. The van der Waals surface area contributed by atoms with E-state index in [0.29, 0.717) is 6.10 Å². The van der Waals surface area contributed by atoms with Crippen molar-refractivity contribution in [3.05, 3.63) is 58.2 Å². The summed E-state index contributed by atoms with van der Waals surface area (Å²) < 4.78 is 5.68. The predicted octanol–water partition coefficient (Wildman–Crippen LogP) is 9.82. The van der Waals surface area contributed by atoms with Crippen LogP contribution in [0.25, 0.3) is 0 Å². The van der Waals surface area contributed by atoms with Gasteiger partial charge in [0.15, 0.2) is 0 Å². The quantitative estimate of drug-likeness (QED) is 0.144. The van der Waals surface area contributed by atoms with Crippen LogP contribution in [0.5, 0.6) is 0 Å². The standard InChI is InChI=1S/C30H50O/c1-24(2)14-11-17-27(5)20-12-18-25(3)15-9-10-16-26(4)19-13-21-28(6)22-23-29-30(7,8)31-29/h14-16,20-21,29H,9-13,17-19,22-23H2,1-8H3/b25-15+,26-16+,27-20+,28-21+. The molecule has 0 N–H and O–H groups in total. The Balaban J connectivity index is 2.15.